The standard InChI is InChI=1S/C17H19ClN2O2/c1-17(20,16(19)21)10-12-6-8-13(9-7-12)11-22-15-5-3-2-4-14(15)18/h2-9H,10-11,20H2,1H3,(H2,19,21). The van der Waals surface area contributed by atoms with E-state index in [0.29, 0.717) is 23.8 Å². The summed E-state index contributed by atoms with van der Waals surface area (Å²) in [5, 5.41) is 0.583. The van der Waals surface area contributed by atoms with Crippen molar-refractivity contribution in [1.29, 1.82) is 0 Å². The number of carbonyl (C=O) groups is 1. The Balaban J connectivity index is 1.98. The third kappa shape index (κ3) is 4.23. The third-order valence-electron chi connectivity index (χ3n) is 3.39. The topological polar surface area (TPSA) is 78.3 Å². The Morgan fingerprint density at radius 3 is 2.32 bits per heavy atom. The summed E-state index contributed by atoms with van der Waals surface area (Å²) < 4.78 is 5.67. The molecule has 2 aromatic carbocycles. The van der Waals surface area contributed by atoms with E-state index in [2.05, 4.69) is 0 Å². The maximum absolute atomic E-state index is 11.2. The highest BCUT2D eigenvalue weighted by molar-refractivity contribution is 6.32. The molecule has 2 aromatic rings. The van der Waals surface area contributed by atoms with E-state index in [1.54, 1.807) is 13.0 Å². The second-order valence-corrected chi connectivity index (χ2v) is 5.90. The van der Waals surface area contributed by atoms with Gasteiger partial charge in [0.15, 0.2) is 0 Å². The molecule has 0 saturated carbocycles. The van der Waals surface area contributed by atoms with E-state index in [-0.39, 0.29) is 0 Å². The van der Waals surface area contributed by atoms with Crippen LogP contribution in [0.3, 0.4) is 0 Å². The molecule has 4 N–H and O–H groups in total. The summed E-state index contributed by atoms with van der Waals surface area (Å²) in [4.78, 5) is 11.2. The predicted octanol–water partition coefficient (Wildman–Crippen LogP) is 2.66. The minimum absolute atomic E-state index is 0.397. The molecule has 4 nitrogen and oxygen atoms in total. The van der Waals surface area contributed by atoms with Crippen LogP contribution >= 0.6 is 11.6 Å². The number of hydrogen-bond donors (Lipinski definition) is 2. The van der Waals surface area contributed by atoms with E-state index in [1.807, 2.05) is 42.5 Å². The van der Waals surface area contributed by atoms with Gasteiger partial charge in [-0.2, -0.15) is 0 Å². The molecule has 0 heterocycles. The number of nitrogens with two attached hydrogens (primary N) is 2. The van der Waals surface area contributed by atoms with Crippen molar-refractivity contribution in [3.05, 3.63) is 64.7 Å². The monoisotopic (exact) mass is 318 g/mol. The first-order chi connectivity index (χ1) is 10.4. The number of primary amides is 1. The van der Waals surface area contributed by atoms with Gasteiger partial charge in [0.25, 0.3) is 0 Å². The molecule has 0 aliphatic rings. The summed E-state index contributed by atoms with van der Waals surface area (Å²) >= 11 is 6.04. The number of hydrogen-bond acceptors (Lipinski definition) is 3. The van der Waals surface area contributed by atoms with Gasteiger partial charge < -0.3 is 16.2 Å². The molecule has 0 saturated heterocycles. The lowest BCUT2D eigenvalue weighted by Gasteiger charge is -2.20. The molecule has 0 spiro atoms. The van der Waals surface area contributed by atoms with Crippen LogP contribution in [0, 0.1) is 0 Å². The molecule has 116 valence electrons. The smallest absolute Gasteiger partial charge is 0.237 e. The highest BCUT2D eigenvalue weighted by atomic mass is 35.5. The minimum atomic E-state index is -1.05. The molecule has 0 aliphatic carbocycles. The fraction of sp³-hybridized carbons (Fsp3) is 0.235. The van der Waals surface area contributed by atoms with Gasteiger partial charge in [0.05, 0.1) is 10.6 Å². The van der Waals surface area contributed by atoms with Gasteiger partial charge in [-0.05, 0) is 36.6 Å². The Hall–Kier alpha value is -2.04. The molecule has 0 aliphatic heterocycles. The summed E-state index contributed by atoms with van der Waals surface area (Å²) in [5.41, 5.74) is 12.0. The van der Waals surface area contributed by atoms with Crippen molar-refractivity contribution < 1.29 is 9.53 Å². The molecular weight excluding hydrogens is 300 g/mol. The van der Waals surface area contributed by atoms with Gasteiger partial charge in [0.2, 0.25) is 5.91 Å². The zero-order chi connectivity index (χ0) is 16.2. The number of amides is 1. The van der Waals surface area contributed by atoms with E-state index in [0.717, 1.165) is 11.1 Å². The Morgan fingerprint density at radius 2 is 1.73 bits per heavy atom. The normalized spacial score (nSPS) is 13.4. The van der Waals surface area contributed by atoms with E-state index < -0.39 is 11.4 Å². The summed E-state index contributed by atoms with van der Waals surface area (Å²) in [6.07, 6.45) is 0.397. The minimum Gasteiger partial charge on any atom is -0.487 e. The van der Waals surface area contributed by atoms with Gasteiger partial charge in [-0.1, -0.05) is 48.0 Å². The van der Waals surface area contributed by atoms with Crippen LogP contribution in [0.25, 0.3) is 0 Å². The molecule has 5 heteroatoms. The van der Waals surface area contributed by atoms with Crippen molar-refractivity contribution in [3.8, 4) is 5.75 Å². The molecule has 2 rings (SSSR count). The summed E-state index contributed by atoms with van der Waals surface area (Å²) in [6.45, 7) is 2.05. The van der Waals surface area contributed by atoms with Gasteiger partial charge >= 0.3 is 0 Å². The maximum Gasteiger partial charge on any atom is 0.237 e. The second-order valence-electron chi connectivity index (χ2n) is 5.49. The molecule has 1 unspecified atom stereocenters. The SMILES string of the molecule is CC(N)(Cc1ccc(COc2ccccc2Cl)cc1)C(N)=O. The average Bonchev–Trinajstić information content (AvgIpc) is 2.47. The summed E-state index contributed by atoms with van der Waals surface area (Å²) in [5.74, 6) is 0.134. The van der Waals surface area contributed by atoms with Crippen LogP contribution < -0.4 is 16.2 Å². The van der Waals surface area contributed by atoms with Gasteiger partial charge in [0.1, 0.15) is 12.4 Å². The van der Waals surface area contributed by atoms with E-state index in [4.69, 9.17) is 27.8 Å². The first-order valence-corrected chi connectivity index (χ1v) is 7.30. The number of halogens is 1. The molecular formula is C17H19ClN2O2. The second kappa shape index (κ2) is 6.81. The highest BCUT2D eigenvalue weighted by Crippen LogP contribution is 2.24. The van der Waals surface area contributed by atoms with Crippen LogP contribution in [0.1, 0.15) is 18.1 Å². The predicted molar refractivity (Wildman–Crippen MR) is 87.7 cm³/mol. The average molecular weight is 319 g/mol. The van der Waals surface area contributed by atoms with E-state index >= 15 is 0 Å². The molecule has 0 aromatic heterocycles. The summed E-state index contributed by atoms with van der Waals surface area (Å²) in [7, 11) is 0. The first-order valence-electron chi connectivity index (χ1n) is 6.92. The Morgan fingerprint density at radius 1 is 1.14 bits per heavy atom. The molecule has 1 amide bonds. The fourth-order valence-electron chi connectivity index (χ4n) is 1.99. The summed E-state index contributed by atoms with van der Waals surface area (Å²) in [6, 6.07) is 15.0. The van der Waals surface area contributed by atoms with Gasteiger partial charge in [-0.15, -0.1) is 0 Å². The number of ether oxygens (including phenoxy) is 1. The van der Waals surface area contributed by atoms with E-state index in [1.165, 1.54) is 0 Å². The number of rotatable bonds is 6. The lowest BCUT2D eigenvalue weighted by Crippen LogP contribution is -2.51. The quantitative estimate of drug-likeness (QED) is 0.859. The highest BCUT2D eigenvalue weighted by Gasteiger charge is 2.25. The van der Waals surface area contributed by atoms with Crippen LogP contribution in [-0.2, 0) is 17.8 Å². The zero-order valence-corrected chi connectivity index (χ0v) is 13.1. The number of benzene rings is 2. The van der Waals surface area contributed by atoms with Crippen LogP contribution in [-0.4, -0.2) is 11.4 Å². The van der Waals surface area contributed by atoms with Crippen molar-refractivity contribution >= 4 is 17.5 Å². The van der Waals surface area contributed by atoms with Gasteiger partial charge in [0, 0.05) is 0 Å². The molecule has 0 fully saturated rings. The van der Waals surface area contributed by atoms with Crippen LogP contribution in [0.2, 0.25) is 5.02 Å². The van der Waals surface area contributed by atoms with Gasteiger partial charge in [-0.3, -0.25) is 4.79 Å². The van der Waals surface area contributed by atoms with E-state index in [9.17, 15) is 4.79 Å². The maximum atomic E-state index is 11.2. The molecule has 1 atom stereocenters. The Kier molecular flexibility index (Phi) is 5.06. The zero-order valence-electron chi connectivity index (χ0n) is 12.4. The molecule has 22 heavy (non-hydrogen) atoms. The molecule has 0 bridgehead atoms. The fourth-order valence-corrected chi connectivity index (χ4v) is 2.18. The van der Waals surface area contributed by atoms with Crippen molar-refractivity contribution in [2.45, 2.75) is 25.5 Å². The molecule has 0 radical (unpaired) electrons. The van der Waals surface area contributed by atoms with Crippen molar-refractivity contribution in [2.75, 3.05) is 0 Å². The van der Waals surface area contributed by atoms with Crippen molar-refractivity contribution in [1.82, 2.24) is 0 Å². The van der Waals surface area contributed by atoms with Crippen molar-refractivity contribution in [3.63, 3.8) is 0 Å². The van der Waals surface area contributed by atoms with Crippen LogP contribution in [0.15, 0.2) is 48.5 Å². The largest absolute Gasteiger partial charge is 0.487 e. The van der Waals surface area contributed by atoms with Crippen LogP contribution in [0.4, 0.5) is 0 Å². The Labute approximate surface area is 135 Å². The van der Waals surface area contributed by atoms with Gasteiger partial charge in [-0.25, -0.2) is 0 Å². The lowest BCUT2D eigenvalue weighted by atomic mass is 9.93. The van der Waals surface area contributed by atoms with Crippen LogP contribution in [0.5, 0.6) is 5.75 Å². The first kappa shape index (κ1) is 16.3. The number of carbonyl (C=O) groups excluding carboxylic acids is 1. The lowest BCUT2D eigenvalue weighted by molar-refractivity contribution is -0.122. The Bertz CT molecular complexity index is 654. The third-order valence-corrected chi connectivity index (χ3v) is 3.70. The number of para-hydroxylation sites is 1. The van der Waals surface area contributed by atoms with Crippen molar-refractivity contribution in [2.24, 2.45) is 11.5 Å².